The minimum absolute atomic E-state index is 0. The lowest BCUT2D eigenvalue weighted by Gasteiger charge is -2.22. The molecule has 1 aromatic carbocycles. The first-order chi connectivity index (χ1) is 10.0. The van der Waals surface area contributed by atoms with E-state index in [1.807, 2.05) is 0 Å². The summed E-state index contributed by atoms with van der Waals surface area (Å²) in [4.78, 5) is 24.4. The number of amides is 1. The van der Waals surface area contributed by atoms with Crippen molar-refractivity contribution in [1.29, 1.82) is 0 Å². The van der Waals surface area contributed by atoms with E-state index in [0.29, 0.717) is 13.1 Å². The second-order valence-corrected chi connectivity index (χ2v) is 5.82. The summed E-state index contributed by atoms with van der Waals surface area (Å²) in [5.41, 5.74) is -0.403. The lowest BCUT2D eigenvalue weighted by molar-refractivity contribution is -0.385. The van der Waals surface area contributed by atoms with E-state index in [9.17, 15) is 19.3 Å². The molecule has 2 heterocycles. The van der Waals surface area contributed by atoms with Crippen LogP contribution in [0, 0.1) is 21.3 Å². The molecule has 8 heteroatoms. The Labute approximate surface area is 133 Å². The maximum Gasteiger partial charge on any atom is 0.285 e. The standard InChI is InChI=1S/C14H16FN3O3.ClH/c15-10-1-2-11(12(7-10)18(20)21)13(19)17-6-4-14(9-17)3-5-16-8-14;/h1-2,7,16H,3-6,8-9H2;1H. The van der Waals surface area contributed by atoms with E-state index in [1.165, 1.54) is 6.07 Å². The van der Waals surface area contributed by atoms with Gasteiger partial charge in [0.05, 0.1) is 11.0 Å². The van der Waals surface area contributed by atoms with Crippen LogP contribution in [0.3, 0.4) is 0 Å². The first-order valence-corrected chi connectivity index (χ1v) is 6.95. The summed E-state index contributed by atoms with van der Waals surface area (Å²) < 4.78 is 13.2. The van der Waals surface area contributed by atoms with Gasteiger partial charge in [-0.05, 0) is 31.5 Å². The zero-order valence-electron chi connectivity index (χ0n) is 11.9. The molecule has 120 valence electrons. The Kier molecular flexibility index (Phi) is 4.67. The second kappa shape index (κ2) is 6.18. The topological polar surface area (TPSA) is 75.5 Å². The number of carbonyl (C=O) groups excluding carboxylic acids is 1. The maximum absolute atomic E-state index is 13.2. The average molecular weight is 330 g/mol. The summed E-state index contributed by atoms with van der Waals surface area (Å²) in [6, 6.07) is 3.09. The van der Waals surface area contributed by atoms with E-state index < -0.39 is 16.4 Å². The van der Waals surface area contributed by atoms with Crippen LogP contribution in [0.2, 0.25) is 0 Å². The third-order valence-electron chi connectivity index (χ3n) is 4.44. The predicted octanol–water partition coefficient (Wildman–Crippen LogP) is 1.98. The van der Waals surface area contributed by atoms with Gasteiger partial charge in [-0.15, -0.1) is 12.4 Å². The lowest BCUT2D eigenvalue weighted by Crippen LogP contribution is -2.33. The third kappa shape index (κ3) is 2.91. The van der Waals surface area contributed by atoms with E-state index in [-0.39, 0.29) is 29.3 Å². The highest BCUT2D eigenvalue weighted by molar-refractivity contribution is 5.98. The van der Waals surface area contributed by atoms with Crippen molar-refractivity contribution in [2.45, 2.75) is 12.8 Å². The Morgan fingerprint density at radius 3 is 2.82 bits per heavy atom. The van der Waals surface area contributed by atoms with Crippen LogP contribution in [0.25, 0.3) is 0 Å². The largest absolute Gasteiger partial charge is 0.338 e. The number of benzene rings is 1. The Morgan fingerprint density at radius 2 is 2.18 bits per heavy atom. The van der Waals surface area contributed by atoms with Crippen LogP contribution in [-0.4, -0.2) is 41.9 Å². The van der Waals surface area contributed by atoms with Gasteiger partial charge in [-0.25, -0.2) is 4.39 Å². The Morgan fingerprint density at radius 1 is 1.41 bits per heavy atom. The fraction of sp³-hybridized carbons (Fsp3) is 0.500. The van der Waals surface area contributed by atoms with Crippen molar-refractivity contribution in [2.75, 3.05) is 26.2 Å². The lowest BCUT2D eigenvalue weighted by atomic mass is 9.86. The molecule has 6 nitrogen and oxygen atoms in total. The van der Waals surface area contributed by atoms with E-state index in [1.54, 1.807) is 4.90 Å². The van der Waals surface area contributed by atoms with Crippen LogP contribution in [-0.2, 0) is 0 Å². The highest BCUT2D eigenvalue weighted by Crippen LogP contribution is 2.37. The normalized spacial score (nSPS) is 23.6. The summed E-state index contributed by atoms with van der Waals surface area (Å²) >= 11 is 0. The van der Waals surface area contributed by atoms with Crippen molar-refractivity contribution >= 4 is 24.0 Å². The van der Waals surface area contributed by atoms with Gasteiger partial charge in [0.1, 0.15) is 11.4 Å². The highest BCUT2D eigenvalue weighted by Gasteiger charge is 2.42. The van der Waals surface area contributed by atoms with Crippen LogP contribution < -0.4 is 5.32 Å². The van der Waals surface area contributed by atoms with Crippen molar-refractivity contribution in [2.24, 2.45) is 5.41 Å². The number of nitro benzene ring substituents is 1. The molecule has 3 rings (SSSR count). The van der Waals surface area contributed by atoms with Gasteiger partial charge in [0, 0.05) is 25.0 Å². The van der Waals surface area contributed by atoms with Gasteiger partial charge < -0.3 is 10.2 Å². The van der Waals surface area contributed by atoms with E-state index in [4.69, 9.17) is 0 Å². The molecule has 1 atom stereocenters. The molecule has 1 aromatic rings. The summed E-state index contributed by atoms with van der Waals surface area (Å²) in [5, 5.41) is 14.3. The summed E-state index contributed by atoms with van der Waals surface area (Å²) in [7, 11) is 0. The fourth-order valence-electron chi connectivity index (χ4n) is 3.26. The number of nitrogens with one attached hydrogen (secondary N) is 1. The highest BCUT2D eigenvalue weighted by atomic mass is 35.5. The fourth-order valence-corrected chi connectivity index (χ4v) is 3.26. The van der Waals surface area contributed by atoms with E-state index in [2.05, 4.69) is 5.32 Å². The summed E-state index contributed by atoms with van der Waals surface area (Å²) in [6.07, 6.45) is 1.92. The molecule has 2 fully saturated rings. The zero-order valence-corrected chi connectivity index (χ0v) is 12.7. The Hall–Kier alpha value is -1.73. The molecule has 0 radical (unpaired) electrons. The van der Waals surface area contributed by atoms with Crippen LogP contribution in [0.1, 0.15) is 23.2 Å². The molecule has 1 spiro atoms. The predicted molar refractivity (Wildman–Crippen MR) is 80.7 cm³/mol. The van der Waals surface area contributed by atoms with Crippen molar-refractivity contribution in [3.8, 4) is 0 Å². The molecule has 2 saturated heterocycles. The molecule has 22 heavy (non-hydrogen) atoms. The Balaban J connectivity index is 0.00000176. The first-order valence-electron chi connectivity index (χ1n) is 6.95. The van der Waals surface area contributed by atoms with E-state index >= 15 is 0 Å². The van der Waals surface area contributed by atoms with Crippen LogP contribution in [0.5, 0.6) is 0 Å². The van der Waals surface area contributed by atoms with Crippen molar-refractivity contribution in [1.82, 2.24) is 10.2 Å². The van der Waals surface area contributed by atoms with Gasteiger partial charge in [0.25, 0.3) is 11.6 Å². The number of hydrogen-bond donors (Lipinski definition) is 1. The molecule has 1 unspecified atom stereocenters. The van der Waals surface area contributed by atoms with Crippen molar-refractivity contribution in [3.63, 3.8) is 0 Å². The van der Waals surface area contributed by atoms with Gasteiger partial charge in [0.2, 0.25) is 0 Å². The Bertz CT molecular complexity index is 605. The molecule has 2 aliphatic rings. The minimum atomic E-state index is -0.712. The van der Waals surface area contributed by atoms with Gasteiger partial charge in [0.15, 0.2) is 0 Å². The van der Waals surface area contributed by atoms with Gasteiger partial charge >= 0.3 is 0 Å². The molecule has 0 aliphatic carbocycles. The van der Waals surface area contributed by atoms with Gasteiger partial charge in [-0.2, -0.15) is 0 Å². The number of rotatable bonds is 2. The van der Waals surface area contributed by atoms with Gasteiger partial charge in [-0.3, -0.25) is 14.9 Å². The molecule has 0 saturated carbocycles. The molecule has 1 amide bonds. The summed E-state index contributed by atoms with van der Waals surface area (Å²) in [6.45, 7) is 3.02. The number of likely N-dealkylation sites (tertiary alicyclic amines) is 1. The van der Waals surface area contributed by atoms with Crippen molar-refractivity contribution in [3.05, 3.63) is 39.7 Å². The monoisotopic (exact) mass is 329 g/mol. The quantitative estimate of drug-likeness (QED) is 0.665. The number of carbonyl (C=O) groups is 1. The first kappa shape index (κ1) is 16.6. The number of hydrogen-bond acceptors (Lipinski definition) is 4. The molecular formula is C14H17ClFN3O3. The van der Waals surface area contributed by atoms with Crippen LogP contribution >= 0.6 is 12.4 Å². The van der Waals surface area contributed by atoms with Crippen LogP contribution in [0.15, 0.2) is 18.2 Å². The van der Waals surface area contributed by atoms with Crippen molar-refractivity contribution < 1.29 is 14.1 Å². The molecule has 0 bridgehead atoms. The number of nitro groups is 1. The average Bonchev–Trinajstić information content (AvgIpc) is 3.09. The minimum Gasteiger partial charge on any atom is -0.338 e. The molecule has 2 aliphatic heterocycles. The molecule has 0 aromatic heterocycles. The van der Waals surface area contributed by atoms with Crippen LogP contribution in [0.4, 0.5) is 10.1 Å². The number of halogens is 2. The summed E-state index contributed by atoms with van der Waals surface area (Å²) in [5.74, 6) is -1.10. The van der Waals surface area contributed by atoms with E-state index in [0.717, 1.165) is 38.1 Å². The SMILES string of the molecule is Cl.O=C(c1ccc(F)cc1[N+](=O)[O-])N1CCC2(CCNC2)C1. The maximum atomic E-state index is 13.2. The number of nitrogens with zero attached hydrogens (tertiary/aromatic N) is 2. The molecular weight excluding hydrogens is 313 g/mol. The zero-order chi connectivity index (χ0) is 15.0. The van der Waals surface area contributed by atoms with Gasteiger partial charge in [-0.1, -0.05) is 0 Å². The molecule has 1 N–H and O–H groups in total. The second-order valence-electron chi connectivity index (χ2n) is 5.82. The third-order valence-corrected chi connectivity index (χ3v) is 4.44. The smallest absolute Gasteiger partial charge is 0.285 e.